The molecule has 2 saturated heterocycles. The summed E-state index contributed by atoms with van der Waals surface area (Å²) in [5.74, 6) is 0.583. The third-order valence-corrected chi connectivity index (χ3v) is 6.16. The lowest BCUT2D eigenvalue weighted by Gasteiger charge is -2.40. The quantitative estimate of drug-likeness (QED) is 0.695. The van der Waals surface area contributed by atoms with Gasteiger partial charge in [-0.15, -0.1) is 0 Å². The van der Waals surface area contributed by atoms with Gasteiger partial charge in [-0.1, -0.05) is 12.2 Å². The first-order valence-corrected chi connectivity index (χ1v) is 9.33. The standard InChI is InChI=1S/C19H32N2O3/c1-23-12-11-21-15-19(13-17(21)14-24-2)7-9-20(10-8-19)18(22)16-5-3-4-6-16/h3-4,16-17H,5-15H2,1-2H3/t17-/m1/s1. The van der Waals surface area contributed by atoms with Gasteiger partial charge in [-0.25, -0.2) is 0 Å². The highest BCUT2D eigenvalue weighted by molar-refractivity contribution is 5.79. The van der Waals surface area contributed by atoms with Crippen LogP contribution in [0.25, 0.3) is 0 Å². The summed E-state index contributed by atoms with van der Waals surface area (Å²) < 4.78 is 10.7. The molecule has 0 unspecified atom stereocenters. The van der Waals surface area contributed by atoms with Crippen molar-refractivity contribution in [1.29, 1.82) is 0 Å². The Kier molecular flexibility index (Phi) is 5.95. The Bertz CT molecular complexity index is 450. The zero-order chi connectivity index (χ0) is 17.0. The molecule has 136 valence electrons. The van der Waals surface area contributed by atoms with E-state index in [1.807, 2.05) is 0 Å². The summed E-state index contributed by atoms with van der Waals surface area (Å²) in [6.45, 7) is 5.51. The lowest BCUT2D eigenvalue weighted by atomic mass is 9.76. The van der Waals surface area contributed by atoms with E-state index in [0.29, 0.717) is 17.4 Å². The lowest BCUT2D eigenvalue weighted by molar-refractivity contribution is -0.137. The van der Waals surface area contributed by atoms with Crippen LogP contribution in [0.4, 0.5) is 0 Å². The van der Waals surface area contributed by atoms with Crippen molar-refractivity contribution in [2.24, 2.45) is 11.3 Å². The second-order valence-electron chi connectivity index (χ2n) is 7.74. The molecule has 1 amide bonds. The summed E-state index contributed by atoms with van der Waals surface area (Å²) in [5, 5.41) is 0. The predicted octanol–water partition coefficient (Wildman–Crippen LogP) is 1.93. The van der Waals surface area contributed by atoms with E-state index in [9.17, 15) is 4.79 Å². The first-order valence-electron chi connectivity index (χ1n) is 9.33. The lowest BCUT2D eigenvalue weighted by Crippen LogP contribution is -2.46. The fourth-order valence-corrected chi connectivity index (χ4v) is 4.72. The SMILES string of the molecule is COCCN1CC2(CCN(C(=O)C3CC=CC3)CC2)C[C@@H]1COC. The summed E-state index contributed by atoms with van der Waals surface area (Å²) >= 11 is 0. The number of allylic oxidation sites excluding steroid dienone is 2. The van der Waals surface area contributed by atoms with Crippen LogP contribution in [0.5, 0.6) is 0 Å². The number of nitrogens with zero attached hydrogens (tertiary/aromatic N) is 2. The van der Waals surface area contributed by atoms with Crippen molar-refractivity contribution in [3.8, 4) is 0 Å². The summed E-state index contributed by atoms with van der Waals surface area (Å²) in [6.07, 6.45) is 9.60. The maximum absolute atomic E-state index is 12.6. The number of methoxy groups -OCH3 is 2. The van der Waals surface area contributed by atoms with Gasteiger partial charge in [0.05, 0.1) is 13.2 Å². The average Bonchev–Trinajstić information content (AvgIpc) is 3.23. The summed E-state index contributed by atoms with van der Waals surface area (Å²) in [6, 6.07) is 0.492. The van der Waals surface area contributed by atoms with Gasteiger partial charge in [-0.2, -0.15) is 0 Å². The first kappa shape index (κ1) is 17.9. The van der Waals surface area contributed by atoms with Gasteiger partial charge in [0.2, 0.25) is 5.91 Å². The van der Waals surface area contributed by atoms with Crippen LogP contribution >= 0.6 is 0 Å². The molecule has 0 aromatic heterocycles. The zero-order valence-electron chi connectivity index (χ0n) is 15.2. The van der Waals surface area contributed by atoms with Crippen molar-refractivity contribution < 1.29 is 14.3 Å². The maximum atomic E-state index is 12.6. The Balaban J connectivity index is 1.55. The fourth-order valence-electron chi connectivity index (χ4n) is 4.72. The summed E-state index contributed by atoms with van der Waals surface area (Å²) in [5.41, 5.74) is 0.363. The molecule has 1 spiro atoms. The molecule has 2 aliphatic heterocycles. The van der Waals surface area contributed by atoms with Crippen molar-refractivity contribution in [1.82, 2.24) is 9.80 Å². The molecule has 0 radical (unpaired) electrons. The Morgan fingerprint density at radius 1 is 1.17 bits per heavy atom. The van der Waals surface area contributed by atoms with Gasteiger partial charge < -0.3 is 14.4 Å². The van der Waals surface area contributed by atoms with E-state index < -0.39 is 0 Å². The third kappa shape index (κ3) is 3.84. The molecular weight excluding hydrogens is 304 g/mol. The minimum Gasteiger partial charge on any atom is -0.383 e. The van der Waals surface area contributed by atoms with Crippen molar-refractivity contribution in [2.75, 3.05) is 53.6 Å². The molecule has 0 aromatic rings. The van der Waals surface area contributed by atoms with Crippen molar-refractivity contribution in [2.45, 2.75) is 38.1 Å². The third-order valence-electron chi connectivity index (χ3n) is 6.16. The van der Waals surface area contributed by atoms with E-state index in [1.54, 1.807) is 14.2 Å². The highest BCUT2D eigenvalue weighted by atomic mass is 16.5. The highest BCUT2D eigenvalue weighted by Crippen LogP contribution is 2.43. The van der Waals surface area contributed by atoms with Gasteiger partial charge >= 0.3 is 0 Å². The topological polar surface area (TPSA) is 42.0 Å². The number of hydrogen-bond donors (Lipinski definition) is 0. The van der Waals surface area contributed by atoms with Crippen molar-refractivity contribution in [3.63, 3.8) is 0 Å². The minimum atomic E-state index is 0.210. The van der Waals surface area contributed by atoms with Crippen LogP contribution in [-0.4, -0.2) is 75.4 Å². The van der Waals surface area contributed by atoms with E-state index in [0.717, 1.165) is 65.1 Å². The molecule has 5 heteroatoms. The Morgan fingerprint density at radius 3 is 2.50 bits per heavy atom. The van der Waals surface area contributed by atoms with E-state index in [2.05, 4.69) is 22.0 Å². The van der Waals surface area contributed by atoms with Gasteiger partial charge in [0.15, 0.2) is 0 Å². The van der Waals surface area contributed by atoms with E-state index in [4.69, 9.17) is 9.47 Å². The molecule has 24 heavy (non-hydrogen) atoms. The number of carbonyl (C=O) groups excluding carboxylic acids is 1. The molecule has 0 saturated carbocycles. The molecule has 3 rings (SSSR count). The highest BCUT2D eigenvalue weighted by Gasteiger charge is 2.46. The molecule has 3 aliphatic rings. The number of rotatable bonds is 6. The van der Waals surface area contributed by atoms with Crippen LogP contribution in [0, 0.1) is 11.3 Å². The maximum Gasteiger partial charge on any atom is 0.226 e. The molecular formula is C19H32N2O3. The van der Waals surface area contributed by atoms with Crippen LogP contribution in [0.1, 0.15) is 32.1 Å². The number of ether oxygens (including phenoxy) is 2. The van der Waals surface area contributed by atoms with Gasteiger partial charge in [0, 0.05) is 52.4 Å². The first-order chi connectivity index (χ1) is 11.7. The molecule has 0 N–H and O–H groups in total. The number of piperidine rings is 1. The van der Waals surface area contributed by atoms with E-state index in [-0.39, 0.29) is 5.92 Å². The van der Waals surface area contributed by atoms with Crippen molar-refractivity contribution in [3.05, 3.63) is 12.2 Å². The predicted molar refractivity (Wildman–Crippen MR) is 93.8 cm³/mol. The van der Waals surface area contributed by atoms with Gasteiger partial charge in [0.25, 0.3) is 0 Å². The number of amides is 1. The van der Waals surface area contributed by atoms with Crippen LogP contribution < -0.4 is 0 Å². The number of carbonyl (C=O) groups is 1. The van der Waals surface area contributed by atoms with Gasteiger partial charge in [-0.05, 0) is 37.5 Å². The van der Waals surface area contributed by atoms with E-state index in [1.165, 1.54) is 6.42 Å². The number of likely N-dealkylation sites (tertiary alicyclic amines) is 2. The van der Waals surface area contributed by atoms with Crippen LogP contribution in [-0.2, 0) is 14.3 Å². The zero-order valence-corrected chi connectivity index (χ0v) is 15.2. The molecule has 2 fully saturated rings. The van der Waals surface area contributed by atoms with Gasteiger partial charge in [-0.3, -0.25) is 9.69 Å². The fraction of sp³-hybridized carbons (Fsp3) is 0.842. The summed E-state index contributed by atoms with van der Waals surface area (Å²) in [7, 11) is 3.55. The Morgan fingerprint density at radius 2 is 1.88 bits per heavy atom. The summed E-state index contributed by atoms with van der Waals surface area (Å²) in [4.78, 5) is 17.3. The molecule has 0 bridgehead atoms. The second-order valence-corrected chi connectivity index (χ2v) is 7.74. The smallest absolute Gasteiger partial charge is 0.226 e. The van der Waals surface area contributed by atoms with Crippen LogP contribution in [0.2, 0.25) is 0 Å². The Hall–Kier alpha value is -0.910. The number of hydrogen-bond acceptors (Lipinski definition) is 4. The largest absolute Gasteiger partial charge is 0.383 e. The molecule has 1 atom stereocenters. The second kappa shape index (κ2) is 7.98. The van der Waals surface area contributed by atoms with Crippen LogP contribution in [0.15, 0.2) is 12.2 Å². The average molecular weight is 336 g/mol. The monoisotopic (exact) mass is 336 g/mol. The Labute approximate surface area is 146 Å². The molecule has 5 nitrogen and oxygen atoms in total. The normalized spacial score (nSPS) is 27.4. The van der Waals surface area contributed by atoms with E-state index >= 15 is 0 Å². The molecule has 2 heterocycles. The molecule has 0 aromatic carbocycles. The minimum absolute atomic E-state index is 0.210. The van der Waals surface area contributed by atoms with Crippen molar-refractivity contribution >= 4 is 5.91 Å². The van der Waals surface area contributed by atoms with Crippen LogP contribution in [0.3, 0.4) is 0 Å². The molecule has 1 aliphatic carbocycles. The van der Waals surface area contributed by atoms with Gasteiger partial charge in [0.1, 0.15) is 0 Å².